The van der Waals surface area contributed by atoms with E-state index in [1.165, 1.54) is 18.2 Å². The molecule has 25 heavy (non-hydrogen) atoms. The van der Waals surface area contributed by atoms with Gasteiger partial charge in [-0.3, -0.25) is 4.79 Å². The Kier molecular flexibility index (Phi) is 8.70. The van der Waals surface area contributed by atoms with Crippen LogP contribution in [0.5, 0.6) is 0 Å². The van der Waals surface area contributed by atoms with Crippen LogP contribution < -0.4 is 10.6 Å². The summed E-state index contributed by atoms with van der Waals surface area (Å²) in [6.07, 6.45) is -4.54. The van der Waals surface area contributed by atoms with E-state index in [0.29, 0.717) is 18.6 Å². The first-order chi connectivity index (χ1) is 10.8. The van der Waals surface area contributed by atoms with Crippen LogP contribution >= 0.6 is 24.8 Å². The quantitative estimate of drug-likeness (QED) is 0.755. The normalized spacial score (nSPS) is 11.2. The number of alkyl halides is 3. The zero-order valence-corrected chi connectivity index (χ0v) is 15.6. The van der Waals surface area contributed by atoms with E-state index >= 15 is 0 Å². The standard InChI is InChI=1S/C15H19F3N4O.2ClH/c1-9(2)22-12-5-4-10(13(23)20-7-6-19-3)8-11(12)21-14(22)15(16,17)18;;/h4-5,8-9,19H,6-7H2,1-3H3,(H,20,23);2*1H. The van der Waals surface area contributed by atoms with Gasteiger partial charge in [-0.1, -0.05) is 0 Å². The summed E-state index contributed by atoms with van der Waals surface area (Å²) in [7, 11) is 1.76. The van der Waals surface area contributed by atoms with Gasteiger partial charge in [-0.05, 0) is 39.1 Å². The first-order valence-corrected chi connectivity index (χ1v) is 7.27. The maximum Gasteiger partial charge on any atom is 0.449 e. The molecule has 0 radical (unpaired) electrons. The van der Waals surface area contributed by atoms with Crippen molar-refractivity contribution in [2.24, 2.45) is 0 Å². The molecule has 2 N–H and O–H groups in total. The van der Waals surface area contributed by atoms with Gasteiger partial charge in [0.25, 0.3) is 5.91 Å². The van der Waals surface area contributed by atoms with E-state index < -0.39 is 18.0 Å². The molecule has 1 aromatic heterocycles. The molecule has 5 nitrogen and oxygen atoms in total. The summed E-state index contributed by atoms with van der Waals surface area (Å²) in [5.74, 6) is -1.29. The zero-order chi connectivity index (χ0) is 17.2. The van der Waals surface area contributed by atoms with Crippen molar-refractivity contribution in [2.75, 3.05) is 20.1 Å². The summed E-state index contributed by atoms with van der Waals surface area (Å²) in [5.41, 5.74) is 0.808. The number of rotatable bonds is 5. The van der Waals surface area contributed by atoms with Crippen molar-refractivity contribution in [1.82, 2.24) is 20.2 Å². The van der Waals surface area contributed by atoms with Crippen molar-refractivity contribution in [2.45, 2.75) is 26.1 Å². The highest BCUT2D eigenvalue weighted by Gasteiger charge is 2.38. The second kappa shape index (κ2) is 9.26. The van der Waals surface area contributed by atoms with E-state index in [1.54, 1.807) is 20.9 Å². The monoisotopic (exact) mass is 400 g/mol. The number of benzene rings is 1. The first kappa shape index (κ1) is 23.5. The van der Waals surface area contributed by atoms with Crippen LogP contribution in [-0.4, -0.2) is 35.6 Å². The van der Waals surface area contributed by atoms with Crippen LogP contribution in [0.3, 0.4) is 0 Å². The summed E-state index contributed by atoms with van der Waals surface area (Å²) < 4.78 is 40.6. The number of halogens is 5. The molecule has 0 bridgehead atoms. The molecule has 0 saturated carbocycles. The number of hydrogen-bond acceptors (Lipinski definition) is 3. The number of amides is 1. The summed E-state index contributed by atoms with van der Waals surface area (Å²) >= 11 is 0. The Bertz CT molecular complexity index is 717. The fourth-order valence-electron chi connectivity index (χ4n) is 2.37. The molecular weight excluding hydrogens is 380 g/mol. The number of carbonyl (C=O) groups is 1. The van der Waals surface area contributed by atoms with E-state index in [9.17, 15) is 18.0 Å². The second-order valence-corrected chi connectivity index (χ2v) is 5.46. The Hall–Kier alpha value is -1.51. The molecule has 0 aliphatic rings. The van der Waals surface area contributed by atoms with Gasteiger partial charge in [0.2, 0.25) is 5.82 Å². The maximum absolute atomic E-state index is 13.1. The van der Waals surface area contributed by atoms with Crippen LogP contribution in [0.1, 0.15) is 36.1 Å². The number of carbonyl (C=O) groups excluding carboxylic acids is 1. The van der Waals surface area contributed by atoms with Crippen molar-refractivity contribution in [1.29, 1.82) is 0 Å². The Morgan fingerprint density at radius 3 is 2.40 bits per heavy atom. The van der Waals surface area contributed by atoms with Gasteiger partial charge in [-0.15, -0.1) is 24.8 Å². The van der Waals surface area contributed by atoms with Crippen LogP contribution in [0.25, 0.3) is 11.0 Å². The van der Waals surface area contributed by atoms with Gasteiger partial charge < -0.3 is 15.2 Å². The lowest BCUT2D eigenvalue weighted by Gasteiger charge is -2.14. The second-order valence-electron chi connectivity index (χ2n) is 5.46. The van der Waals surface area contributed by atoms with Crippen LogP contribution in [0.15, 0.2) is 18.2 Å². The van der Waals surface area contributed by atoms with E-state index in [0.717, 1.165) is 4.57 Å². The topological polar surface area (TPSA) is 58.9 Å². The van der Waals surface area contributed by atoms with Crippen molar-refractivity contribution in [3.8, 4) is 0 Å². The molecule has 10 heteroatoms. The highest BCUT2D eigenvalue weighted by atomic mass is 35.5. The van der Waals surface area contributed by atoms with E-state index in [1.807, 2.05) is 0 Å². The molecule has 0 unspecified atom stereocenters. The zero-order valence-electron chi connectivity index (χ0n) is 14.0. The van der Waals surface area contributed by atoms with E-state index in [-0.39, 0.29) is 41.8 Å². The minimum absolute atomic E-state index is 0. The fraction of sp³-hybridized carbons (Fsp3) is 0.467. The molecule has 0 saturated heterocycles. The molecule has 142 valence electrons. The van der Waals surface area contributed by atoms with E-state index in [4.69, 9.17) is 0 Å². The largest absolute Gasteiger partial charge is 0.449 e. The van der Waals surface area contributed by atoms with Gasteiger partial charge in [0.15, 0.2) is 0 Å². The minimum Gasteiger partial charge on any atom is -0.351 e. The predicted octanol–water partition coefficient (Wildman–Crippen LogP) is 3.43. The molecule has 1 amide bonds. The smallest absolute Gasteiger partial charge is 0.351 e. The third-order valence-corrected chi connectivity index (χ3v) is 3.38. The molecule has 0 spiro atoms. The van der Waals surface area contributed by atoms with Gasteiger partial charge in [-0.2, -0.15) is 13.2 Å². The highest BCUT2D eigenvalue weighted by molar-refractivity contribution is 5.97. The Labute approximate surface area is 156 Å². The highest BCUT2D eigenvalue weighted by Crippen LogP contribution is 2.33. The molecule has 0 fully saturated rings. The SMILES string of the molecule is CNCCNC(=O)c1ccc2c(c1)nc(C(F)(F)F)n2C(C)C.Cl.Cl. The predicted molar refractivity (Wildman–Crippen MR) is 95.9 cm³/mol. The summed E-state index contributed by atoms with van der Waals surface area (Å²) in [6.45, 7) is 4.36. The Morgan fingerprint density at radius 1 is 1.24 bits per heavy atom. The number of nitrogens with one attached hydrogen (secondary N) is 2. The number of likely N-dealkylation sites (N-methyl/N-ethyl adjacent to an activating group) is 1. The van der Waals surface area contributed by atoms with Crippen molar-refractivity contribution in [3.63, 3.8) is 0 Å². The van der Waals surface area contributed by atoms with Crippen molar-refractivity contribution >= 4 is 41.8 Å². The fourth-order valence-corrected chi connectivity index (χ4v) is 2.37. The van der Waals surface area contributed by atoms with Gasteiger partial charge in [-0.25, -0.2) is 4.98 Å². The van der Waals surface area contributed by atoms with Gasteiger partial charge in [0.05, 0.1) is 11.0 Å². The van der Waals surface area contributed by atoms with Gasteiger partial charge >= 0.3 is 6.18 Å². The summed E-state index contributed by atoms with van der Waals surface area (Å²) in [4.78, 5) is 15.7. The Morgan fingerprint density at radius 2 is 1.88 bits per heavy atom. The number of hydrogen-bond donors (Lipinski definition) is 2. The minimum atomic E-state index is -4.54. The van der Waals surface area contributed by atoms with Gasteiger partial charge in [0, 0.05) is 24.7 Å². The average Bonchev–Trinajstić information content (AvgIpc) is 2.86. The third kappa shape index (κ3) is 5.23. The van der Waals surface area contributed by atoms with Crippen LogP contribution in [0, 0.1) is 0 Å². The molecule has 1 heterocycles. The van der Waals surface area contributed by atoms with Crippen molar-refractivity contribution in [3.05, 3.63) is 29.6 Å². The lowest BCUT2D eigenvalue weighted by molar-refractivity contribution is -0.147. The molecule has 0 atom stereocenters. The molecule has 2 aromatic rings. The molecule has 2 rings (SSSR count). The van der Waals surface area contributed by atoms with Gasteiger partial charge in [0.1, 0.15) is 0 Å². The van der Waals surface area contributed by atoms with Crippen LogP contribution in [-0.2, 0) is 6.18 Å². The summed E-state index contributed by atoms with van der Waals surface area (Å²) in [5, 5.41) is 5.57. The first-order valence-electron chi connectivity index (χ1n) is 7.27. The number of nitrogens with zero attached hydrogens (tertiary/aromatic N) is 2. The average molecular weight is 401 g/mol. The van der Waals surface area contributed by atoms with Crippen LogP contribution in [0.2, 0.25) is 0 Å². The van der Waals surface area contributed by atoms with Crippen LogP contribution in [0.4, 0.5) is 13.2 Å². The number of imidazole rings is 1. The lowest BCUT2D eigenvalue weighted by atomic mass is 10.2. The third-order valence-electron chi connectivity index (χ3n) is 3.38. The molecule has 0 aliphatic heterocycles. The van der Waals surface area contributed by atoms with E-state index in [2.05, 4.69) is 15.6 Å². The van der Waals surface area contributed by atoms with Crippen molar-refractivity contribution < 1.29 is 18.0 Å². The lowest BCUT2D eigenvalue weighted by Crippen LogP contribution is -2.30. The number of aromatic nitrogens is 2. The number of fused-ring (bicyclic) bond motifs is 1. The molecular formula is C15H21Cl2F3N4O. The molecule has 1 aromatic carbocycles. The molecule has 0 aliphatic carbocycles. The Balaban J connectivity index is 0.00000288. The summed E-state index contributed by atoms with van der Waals surface area (Å²) in [6, 6.07) is 4.01. The maximum atomic E-state index is 13.1.